The molecule has 0 aromatic heterocycles. The predicted octanol–water partition coefficient (Wildman–Crippen LogP) is 9.01. The van der Waals surface area contributed by atoms with E-state index in [0.717, 1.165) is 6.42 Å². The summed E-state index contributed by atoms with van der Waals surface area (Å²) < 4.78 is 0. The first kappa shape index (κ1) is 22.9. The van der Waals surface area contributed by atoms with Gasteiger partial charge in [-0.25, -0.2) is 0 Å². The number of likely N-dealkylation sites (N-methyl/N-ethyl adjacent to an activating group) is 1. The lowest BCUT2D eigenvalue weighted by Crippen LogP contribution is -2.34. The maximum absolute atomic E-state index is 2.43. The molecule has 1 heteroatoms. The highest BCUT2D eigenvalue weighted by Gasteiger charge is 2.22. The Morgan fingerprint density at radius 2 is 1.29 bits per heavy atom. The normalized spacial score (nSPS) is 13.3. The highest BCUT2D eigenvalue weighted by Crippen LogP contribution is 2.32. The van der Waals surface area contributed by atoms with Gasteiger partial charge in [-0.2, -0.15) is 0 Å². The van der Waals surface area contributed by atoms with Crippen LogP contribution in [0.5, 0.6) is 0 Å². The Morgan fingerprint density at radius 1 is 0.686 bits per heavy atom. The second-order valence-corrected chi connectivity index (χ2v) is 9.64. The van der Waals surface area contributed by atoms with Gasteiger partial charge in [-0.3, -0.25) is 0 Å². The quantitative estimate of drug-likeness (QED) is 0.237. The van der Waals surface area contributed by atoms with E-state index in [-0.39, 0.29) is 0 Å². The first-order chi connectivity index (χ1) is 17.1. The van der Waals surface area contributed by atoms with E-state index in [0.29, 0.717) is 12.0 Å². The molecule has 0 spiro atoms. The van der Waals surface area contributed by atoms with E-state index in [1.54, 1.807) is 0 Å². The van der Waals surface area contributed by atoms with Crippen LogP contribution in [0.2, 0.25) is 0 Å². The average molecular weight is 456 g/mol. The number of rotatable bonds is 7. The number of benzene rings is 5. The van der Waals surface area contributed by atoms with Gasteiger partial charge in [0.15, 0.2) is 0 Å². The minimum Gasteiger partial charge on any atom is -0.371 e. The second kappa shape index (κ2) is 10.2. The van der Waals surface area contributed by atoms with Crippen molar-refractivity contribution in [3.05, 3.63) is 132 Å². The van der Waals surface area contributed by atoms with Gasteiger partial charge in [0.05, 0.1) is 0 Å². The van der Waals surface area contributed by atoms with Gasteiger partial charge in [0.1, 0.15) is 0 Å². The Bertz CT molecular complexity index is 1460. The Kier molecular flexibility index (Phi) is 6.68. The summed E-state index contributed by atoms with van der Waals surface area (Å²) in [7, 11) is 2.23. The number of hydrogen-bond donors (Lipinski definition) is 0. The summed E-state index contributed by atoms with van der Waals surface area (Å²) in [6, 6.07) is 40.0. The molecule has 0 bridgehead atoms. The number of allylic oxidation sites excluding steroid dienone is 1. The van der Waals surface area contributed by atoms with Crippen molar-refractivity contribution < 1.29 is 0 Å². The van der Waals surface area contributed by atoms with Gasteiger partial charge in [0, 0.05) is 24.7 Å². The van der Waals surface area contributed by atoms with Gasteiger partial charge < -0.3 is 4.90 Å². The minimum atomic E-state index is 0.333. The zero-order chi connectivity index (χ0) is 24.2. The topological polar surface area (TPSA) is 3.24 Å². The molecule has 1 nitrogen and oxygen atoms in total. The van der Waals surface area contributed by atoms with Crippen LogP contribution in [-0.4, -0.2) is 13.1 Å². The standard InChI is InChI=1S/C34H33N/c1-25-15-18-30(19-16-25)34(14-8-9-27-17-20-28-10-4-6-12-31(28)23-27)26(2)35(3)33-22-21-29-11-5-7-13-32(29)24-33/h4-13,15-24,26,34H,14H2,1-3H3. The van der Waals surface area contributed by atoms with E-state index in [1.165, 1.54) is 43.9 Å². The molecule has 0 aliphatic rings. The fraction of sp³-hybridized carbons (Fsp3) is 0.176. The number of fused-ring (bicyclic) bond motifs is 2. The van der Waals surface area contributed by atoms with E-state index in [1.807, 2.05) is 0 Å². The molecule has 0 saturated carbocycles. The van der Waals surface area contributed by atoms with Crippen molar-refractivity contribution in [2.45, 2.75) is 32.2 Å². The van der Waals surface area contributed by atoms with Crippen molar-refractivity contribution >= 4 is 33.3 Å². The average Bonchev–Trinajstić information content (AvgIpc) is 2.90. The highest BCUT2D eigenvalue weighted by molar-refractivity contribution is 5.86. The molecule has 0 aliphatic heterocycles. The highest BCUT2D eigenvalue weighted by atomic mass is 15.1. The van der Waals surface area contributed by atoms with Gasteiger partial charge in [0.2, 0.25) is 0 Å². The fourth-order valence-electron chi connectivity index (χ4n) is 4.99. The lowest BCUT2D eigenvalue weighted by molar-refractivity contribution is 0.548. The van der Waals surface area contributed by atoms with E-state index in [9.17, 15) is 0 Å². The van der Waals surface area contributed by atoms with Crippen molar-refractivity contribution in [2.24, 2.45) is 0 Å². The number of hydrogen-bond acceptors (Lipinski definition) is 1. The molecule has 0 amide bonds. The molecule has 5 rings (SSSR count). The Hall–Kier alpha value is -3.84. The van der Waals surface area contributed by atoms with Crippen molar-refractivity contribution in [3.8, 4) is 0 Å². The summed E-state index contributed by atoms with van der Waals surface area (Å²) in [5, 5.41) is 5.14. The Morgan fingerprint density at radius 3 is 1.97 bits per heavy atom. The zero-order valence-electron chi connectivity index (χ0n) is 20.9. The van der Waals surface area contributed by atoms with E-state index < -0.39 is 0 Å². The van der Waals surface area contributed by atoms with Crippen molar-refractivity contribution in [2.75, 3.05) is 11.9 Å². The van der Waals surface area contributed by atoms with Crippen molar-refractivity contribution in [1.82, 2.24) is 0 Å². The van der Waals surface area contributed by atoms with Crippen LogP contribution in [0.1, 0.15) is 36.0 Å². The summed E-state index contributed by atoms with van der Waals surface area (Å²) in [4.78, 5) is 2.43. The molecule has 5 aromatic carbocycles. The van der Waals surface area contributed by atoms with Crippen LogP contribution in [0.3, 0.4) is 0 Å². The van der Waals surface area contributed by atoms with Crippen LogP contribution in [0.15, 0.2) is 115 Å². The lowest BCUT2D eigenvalue weighted by atomic mass is 9.87. The van der Waals surface area contributed by atoms with Crippen LogP contribution in [0, 0.1) is 6.92 Å². The van der Waals surface area contributed by atoms with Gasteiger partial charge in [0.25, 0.3) is 0 Å². The Balaban J connectivity index is 1.41. The smallest absolute Gasteiger partial charge is 0.0372 e. The van der Waals surface area contributed by atoms with Crippen molar-refractivity contribution in [3.63, 3.8) is 0 Å². The zero-order valence-corrected chi connectivity index (χ0v) is 20.9. The van der Waals surface area contributed by atoms with E-state index in [2.05, 4.69) is 147 Å². The monoisotopic (exact) mass is 455 g/mol. The minimum absolute atomic E-state index is 0.333. The molecular formula is C34H33N. The summed E-state index contributed by atoms with van der Waals surface area (Å²) in [6.07, 6.45) is 5.60. The van der Waals surface area contributed by atoms with E-state index in [4.69, 9.17) is 0 Å². The van der Waals surface area contributed by atoms with Gasteiger partial charge in [-0.1, -0.05) is 109 Å². The van der Waals surface area contributed by atoms with E-state index >= 15 is 0 Å². The third-order valence-electron chi connectivity index (χ3n) is 7.31. The first-order valence-corrected chi connectivity index (χ1v) is 12.5. The number of anilines is 1. The van der Waals surface area contributed by atoms with Crippen LogP contribution >= 0.6 is 0 Å². The molecular weight excluding hydrogens is 422 g/mol. The molecule has 2 atom stereocenters. The third-order valence-corrected chi connectivity index (χ3v) is 7.31. The molecule has 35 heavy (non-hydrogen) atoms. The number of nitrogens with zero attached hydrogens (tertiary/aromatic N) is 1. The summed E-state index contributed by atoms with van der Waals surface area (Å²) in [5.74, 6) is 0.378. The molecule has 5 aromatic rings. The Labute approximate surface area is 209 Å². The van der Waals surface area contributed by atoms with Gasteiger partial charge in [-0.15, -0.1) is 0 Å². The molecule has 0 fully saturated rings. The van der Waals surface area contributed by atoms with Crippen LogP contribution in [0.4, 0.5) is 5.69 Å². The molecule has 0 heterocycles. The molecule has 174 valence electrons. The molecule has 2 unspecified atom stereocenters. The van der Waals surface area contributed by atoms with Crippen LogP contribution in [0.25, 0.3) is 27.6 Å². The fourth-order valence-corrected chi connectivity index (χ4v) is 4.99. The van der Waals surface area contributed by atoms with Crippen LogP contribution < -0.4 is 4.90 Å². The van der Waals surface area contributed by atoms with Gasteiger partial charge in [-0.05, 0) is 71.1 Å². The van der Waals surface area contributed by atoms with Gasteiger partial charge >= 0.3 is 0 Å². The second-order valence-electron chi connectivity index (χ2n) is 9.64. The summed E-state index contributed by atoms with van der Waals surface area (Å²) in [5.41, 5.74) is 5.20. The predicted molar refractivity (Wildman–Crippen MR) is 153 cm³/mol. The maximum atomic E-state index is 2.43. The summed E-state index contributed by atoms with van der Waals surface area (Å²) >= 11 is 0. The van der Waals surface area contributed by atoms with Crippen molar-refractivity contribution in [1.29, 1.82) is 0 Å². The molecule has 0 aliphatic carbocycles. The first-order valence-electron chi connectivity index (χ1n) is 12.5. The molecule has 0 radical (unpaired) electrons. The maximum Gasteiger partial charge on any atom is 0.0372 e. The van der Waals surface area contributed by atoms with Crippen LogP contribution in [-0.2, 0) is 0 Å². The number of aryl methyl sites for hydroxylation is 1. The summed E-state index contributed by atoms with van der Waals surface area (Å²) in [6.45, 7) is 4.51. The molecule has 0 saturated heterocycles. The largest absolute Gasteiger partial charge is 0.371 e. The molecule has 0 N–H and O–H groups in total. The third kappa shape index (κ3) is 5.15. The SMILES string of the molecule is Cc1ccc(C(CC=Cc2ccc3ccccc3c2)C(C)N(C)c2ccc3ccccc3c2)cc1. The lowest BCUT2D eigenvalue weighted by Gasteiger charge is -2.34.